The fourth-order valence-electron chi connectivity index (χ4n) is 11.6. The Morgan fingerprint density at radius 3 is 2.20 bits per heavy atom. The van der Waals surface area contributed by atoms with Crippen LogP contribution in [-0.4, -0.2) is 177 Å². The van der Waals surface area contributed by atoms with Crippen molar-refractivity contribution in [2.24, 2.45) is 0 Å². The van der Waals surface area contributed by atoms with E-state index in [0.717, 1.165) is 169 Å². The number of benzene rings is 3. The summed E-state index contributed by atoms with van der Waals surface area (Å²) in [4.78, 5) is 76.0. The number of para-hydroxylation sites is 1. The summed E-state index contributed by atoms with van der Waals surface area (Å²) in [6, 6.07) is 23.8. The number of aromatic nitrogens is 4. The van der Waals surface area contributed by atoms with E-state index in [0.29, 0.717) is 30.4 Å². The van der Waals surface area contributed by atoms with Gasteiger partial charge in [-0.05, 0) is 118 Å². The molecule has 11 rings (SSSR count). The average molecular weight is 950 g/mol. The highest BCUT2D eigenvalue weighted by Gasteiger charge is 2.40. The number of nitrogens with two attached hydrogens (primary N) is 1. The van der Waals surface area contributed by atoms with E-state index >= 15 is 0 Å². The van der Waals surface area contributed by atoms with Crippen LogP contribution in [0, 0.1) is 0 Å². The molecular weight excluding hydrogens is 887 g/mol. The number of nitrogens with one attached hydrogen (secondary N) is 1. The van der Waals surface area contributed by atoms with Crippen LogP contribution in [-0.2, 0) is 16.1 Å². The molecule has 3 N–H and O–H groups in total. The first kappa shape index (κ1) is 45.8. The van der Waals surface area contributed by atoms with Crippen LogP contribution < -0.4 is 20.7 Å². The van der Waals surface area contributed by atoms with Crippen molar-refractivity contribution >= 4 is 46.3 Å². The largest absolute Gasteiger partial charge is 0.457 e. The minimum absolute atomic E-state index is 0.137. The predicted octanol–water partition coefficient (Wildman–Crippen LogP) is 4.68. The zero-order chi connectivity index (χ0) is 47.7. The Morgan fingerprint density at radius 1 is 0.743 bits per heavy atom. The van der Waals surface area contributed by atoms with Gasteiger partial charge >= 0.3 is 6.03 Å². The molecule has 0 saturated carbocycles. The van der Waals surface area contributed by atoms with E-state index in [1.807, 2.05) is 66.7 Å². The Labute approximate surface area is 408 Å². The lowest BCUT2D eigenvalue weighted by Gasteiger charge is -2.44. The molecule has 5 amide bonds. The molecule has 18 nitrogen and oxygen atoms in total. The molecule has 0 radical (unpaired) electrons. The Hall–Kier alpha value is -6.63. The summed E-state index contributed by atoms with van der Waals surface area (Å²) in [6.07, 6.45) is 7.23. The lowest BCUT2D eigenvalue weighted by atomic mass is 9.98. The second kappa shape index (κ2) is 20.0. The SMILES string of the molecule is Nc1ncnc2c1c(-c1ccc(Oc3ccccc3)cc1)nn2[C@@H]1CCCN(C2CCN(C(=O)N3CCN(CCCN4CCN(c5ccc6c(c5)CN(C5CCC(=O)NC5=O)C6=O)CC4)CC3)CC2)C1. The smallest absolute Gasteiger partial charge is 0.320 e. The fraction of sp³-hybridized carbons (Fsp3) is 0.481. The van der Waals surface area contributed by atoms with Gasteiger partial charge in [-0.15, -0.1) is 0 Å². The zero-order valence-corrected chi connectivity index (χ0v) is 39.8. The quantitative estimate of drug-likeness (QED) is 0.175. The number of piperazine rings is 2. The molecule has 5 aromatic rings. The van der Waals surface area contributed by atoms with Crippen molar-refractivity contribution in [2.75, 3.05) is 102 Å². The summed E-state index contributed by atoms with van der Waals surface area (Å²) in [5.41, 5.74) is 11.7. The van der Waals surface area contributed by atoms with Crippen LogP contribution in [0.1, 0.15) is 66.9 Å². The van der Waals surface area contributed by atoms with Crippen LogP contribution in [0.15, 0.2) is 79.1 Å². The summed E-state index contributed by atoms with van der Waals surface area (Å²) in [6.45, 7) is 13.0. The minimum Gasteiger partial charge on any atom is -0.457 e. The number of anilines is 2. The molecule has 5 saturated heterocycles. The maximum Gasteiger partial charge on any atom is 0.320 e. The second-order valence-electron chi connectivity index (χ2n) is 19.7. The van der Waals surface area contributed by atoms with Crippen LogP contribution in [0.2, 0.25) is 0 Å². The van der Waals surface area contributed by atoms with E-state index in [2.05, 4.69) is 50.4 Å². The molecule has 3 aromatic carbocycles. The number of nitrogens with zero attached hydrogens (tertiary/aromatic N) is 11. The van der Waals surface area contributed by atoms with Crippen LogP contribution in [0.4, 0.5) is 16.3 Å². The number of ether oxygens (including phenoxy) is 1. The van der Waals surface area contributed by atoms with Crippen LogP contribution in [0.5, 0.6) is 11.5 Å². The zero-order valence-electron chi connectivity index (χ0n) is 39.8. The Balaban J connectivity index is 0.608. The maximum atomic E-state index is 13.8. The molecular formula is C52H63N13O5. The van der Waals surface area contributed by atoms with Crippen molar-refractivity contribution in [2.45, 2.75) is 69.6 Å². The van der Waals surface area contributed by atoms with Gasteiger partial charge in [0.2, 0.25) is 11.8 Å². The number of likely N-dealkylation sites (tertiary alicyclic amines) is 2. The van der Waals surface area contributed by atoms with Crippen LogP contribution in [0.3, 0.4) is 0 Å². The first-order chi connectivity index (χ1) is 34.2. The third-order valence-electron chi connectivity index (χ3n) is 15.5. The topological polar surface area (TPSA) is 182 Å². The Bertz CT molecular complexity index is 2710. The Morgan fingerprint density at radius 2 is 1.46 bits per heavy atom. The first-order valence-corrected chi connectivity index (χ1v) is 25.3. The first-order valence-electron chi connectivity index (χ1n) is 25.3. The Kier molecular flexibility index (Phi) is 13.1. The number of nitrogen functional groups attached to an aromatic ring is 1. The molecule has 5 fully saturated rings. The molecule has 18 heteroatoms. The molecule has 2 atom stereocenters. The van der Waals surface area contributed by atoms with Gasteiger partial charge in [0.05, 0.1) is 11.4 Å². The number of hydrogen-bond acceptors (Lipinski definition) is 13. The average Bonchev–Trinajstić information content (AvgIpc) is 3.95. The standard InChI is InChI=1S/C52H63N13O5/c53-48-46-47(36-9-12-42(13-10-36)70-41-7-2-1-3-8-41)57-65(49(46)55-35-54-48)40-6-4-21-63(34-40)38-17-22-61(23-18-38)52(69)62-30-26-59(27-31-62)20-5-19-58-24-28-60(29-25-58)39-11-14-43-37(32-39)33-64(51(43)68)44-15-16-45(66)56-50(44)67/h1-3,7-14,32,35,38,40,44H,4-6,15-31,33-34H2,(H2,53,54,55)(H,56,66,67)/t40-,44?/m1/s1. The number of urea groups is 1. The van der Waals surface area contributed by atoms with E-state index in [1.54, 1.807) is 4.90 Å². The van der Waals surface area contributed by atoms with Crippen molar-refractivity contribution in [3.05, 3.63) is 90.3 Å². The summed E-state index contributed by atoms with van der Waals surface area (Å²) < 4.78 is 8.12. The van der Waals surface area contributed by atoms with E-state index in [9.17, 15) is 19.2 Å². The molecule has 0 aliphatic carbocycles. The number of amides is 5. The van der Waals surface area contributed by atoms with Gasteiger partial charge in [0.25, 0.3) is 5.91 Å². The van der Waals surface area contributed by atoms with Gasteiger partial charge in [-0.25, -0.2) is 19.4 Å². The van der Waals surface area contributed by atoms with Crippen molar-refractivity contribution in [3.63, 3.8) is 0 Å². The van der Waals surface area contributed by atoms with Crippen LogP contribution >= 0.6 is 0 Å². The molecule has 6 aliphatic heterocycles. The van der Waals surface area contributed by atoms with Gasteiger partial charge in [-0.2, -0.15) is 5.10 Å². The number of rotatable bonds is 11. The molecule has 2 aromatic heterocycles. The monoisotopic (exact) mass is 950 g/mol. The molecule has 366 valence electrons. The highest BCUT2D eigenvalue weighted by atomic mass is 16.5. The normalized spacial score (nSPS) is 22.2. The summed E-state index contributed by atoms with van der Waals surface area (Å²) in [5, 5.41) is 8.34. The molecule has 0 spiro atoms. The number of carbonyl (C=O) groups is 4. The highest BCUT2D eigenvalue weighted by molar-refractivity contribution is 6.05. The second-order valence-corrected chi connectivity index (χ2v) is 19.7. The van der Waals surface area contributed by atoms with E-state index in [-0.39, 0.29) is 36.2 Å². The number of piperidine rings is 3. The van der Waals surface area contributed by atoms with Gasteiger partial charge in [0.1, 0.15) is 35.4 Å². The third kappa shape index (κ3) is 9.51. The molecule has 6 aliphatic rings. The molecule has 1 unspecified atom stereocenters. The number of fused-ring (bicyclic) bond motifs is 2. The van der Waals surface area contributed by atoms with Crippen LogP contribution in [0.25, 0.3) is 22.3 Å². The summed E-state index contributed by atoms with van der Waals surface area (Å²) in [5.74, 6) is 1.15. The predicted molar refractivity (Wildman–Crippen MR) is 265 cm³/mol. The number of hydrogen-bond donors (Lipinski definition) is 2. The summed E-state index contributed by atoms with van der Waals surface area (Å²) in [7, 11) is 0. The number of carbonyl (C=O) groups excluding carboxylic acids is 4. The fourth-order valence-corrected chi connectivity index (χ4v) is 11.6. The van der Waals surface area contributed by atoms with Crippen molar-refractivity contribution in [1.29, 1.82) is 0 Å². The van der Waals surface area contributed by atoms with E-state index in [1.165, 1.54) is 6.33 Å². The molecule has 70 heavy (non-hydrogen) atoms. The highest BCUT2D eigenvalue weighted by Crippen LogP contribution is 2.36. The summed E-state index contributed by atoms with van der Waals surface area (Å²) >= 11 is 0. The van der Waals surface area contributed by atoms with E-state index in [4.69, 9.17) is 20.6 Å². The van der Waals surface area contributed by atoms with Gasteiger partial charge in [0.15, 0.2) is 5.65 Å². The van der Waals surface area contributed by atoms with E-state index < -0.39 is 6.04 Å². The van der Waals surface area contributed by atoms with Gasteiger partial charge in [-0.1, -0.05) is 18.2 Å². The van der Waals surface area contributed by atoms with Crippen molar-refractivity contribution < 1.29 is 23.9 Å². The molecule has 8 heterocycles. The minimum atomic E-state index is -0.601. The van der Waals surface area contributed by atoms with Gasteiger partial charge < -0.3 is 30.1 Å². The lowest BCUT2D eigenvalue weighted by Crippen LogP contribution is -2.56. The lowest BCUT2D eigenvalue weighted by molar-refractivity contribution is -0.136. The van der Waals surface area contributed by atoms with Crippen molar-refractivity contribution in [3.8, 4) is 22.8 Å². The van der Waals surface area contributed by atoms with Gasteiger partial charge in [0, 0.05) is 108 Å². The number of imide groups is 1. The van der Waals surface area contributed by atoms with Gasteiger partial charge in [-0.3, -0.25) is 34.4 Å². The third-order valence-corrected chi connectivity index (χ3v) is 15.5. The molecule has 0 bridgehead atoms. The maximum absolute atomic E-state index is 13.8. The van der Waals surface area contributed by atoms with Crippen molar-refractivity contribution in [1.82, 2.24) is 54.5 Å².